The van der Waals surface area contributed by atoms with Crippen LogP contribution in [0.15, 0.2) is 24.5 Å². The molecular weight excluding hydrogens is 376 g/mol. The molecule has 0 radical (unpaired) electrons. The number of aliphatic hydroxyl groups is 1. The predicted octanol–water partition coefficient (Wildman–Crippen LogP) is 2.57. The molecule has 4 rings (SSSR count). The van der Waals surface area contributed by atoms with Crippen molar-refractivity contribution in [2.45, 2.75) is 76.0 Å². The first-order chi connectivity index (χ1) is 14.6. The summed E-state index contributed by atoms with van der Waals surface area (Å²) in [5, 5.41) is 13.8. The lowest BCUT2D eigenvalue weighted by molar-refractivity contribution is -0.128. The molecule has 2 aliphatic heterocycles. The van der Waals surface area contributed by atoms with Gasteiger partial charge < -0.3 is 10.4 Å². The summed E-state index contributed by atoms with van der Waals surface area (Å²) >= 11 is 0. The maximum Gasteiger partial charge on any atom is 0.224 e. The molecule has 0 spiro atoms. The van der Waals surface area contributed by atoms with Crippen LogP contribution >= 0.6 is 0 Å². The van der Waals surface area contributed by atoms with Gasteiger partial charge in [-0.2, -0.15) is 0 Å². The second-order valence-electron chi connectivity index (χ2n) is 9.70. The molecule has 3 fully saturated rings. The molecule has 0 bridgehead atoms. The van der Waals surface area contributed by atoms with Crippen molar-refractivity contribution in [3.63, 3.8) is 0 Å². The van der Waals surface area contributed by atoms with Gasteiger partial charge in [0.2, 0.25) is 5.91 Å². The van der Waals surface area contributed by atoms with Gasteiger partial charge in [-0.05, 0) is 75.9 Å². The number of nitrogens with zero attached hydrogens (tertiary/aromatic N) is 3. The fraction of sp³-hybridized carbons (Fsp3) is 0.750. The van der Waals surface area contributed by atoms with E-state index in [1.54, 1.807) is 0 Å². The fourth-order valence-electron chi connectivity index (χ4n) is 5.52. The van der Waals surface area contributed by atoms with Gasteiger partial charge in [0.05, 0.1) is 11.5 Å². The molecule has 2 N–H and O–H groups in total. The smallest absolute Gasteiger partial charge is 0.224 e. The van der Waals surface area contributed by atoms with Gasteiger partial charge in [-0.15, -0.1) is 0 Å². The molecule has 0 aromatic carbocycles. The molecule has 1 atom stereocenters. The summed E-state index contributed by atoms with van der Waals surface area (Å²) < 4.78 is 0. The van der Waals surface area contributed by atoms with Crippen LogP contribution in [0.5, 0.6) is 0 Å². The minimum absolute atomic E-state index is 0.0702. The summed E-state index contributed by atoms with van der Waals surface area (Å²) in [4.78, 5) is 22.0. The Morgan fingerprint density at radius 1 is 1.07 bits per heavy atom. The van der Waals surface area contributed by atoms with E-state index in [1.165, 1.54) is 24.8 Å². The van der Waals surface area contributed by atoms with Crippen LogP contribution in [0.25, 0.3) is 0 Å². The summed E-state index contributed by atoms with van der Waals surface area (Å²) in [5.41, 5.74) is 0.655. The third-order valence-electron chi connectivity index (χ3n) is 7.43. The first kappa shape index (κ1) is 21.7. The highest BCUT2D eigenvalue weighted by Crippen LogP contribution is 2.28. The number of carbonyl (C=O) groups excluding carboxylic acids is 1. The van der Waals surface area contributed by atoms with Crippen molar-refractivity contribution >= 4 is 5.91 Å². The minimum Gasteiger partial charge on any atom is -0.388 e. The maximum absolute atomic E-state index is 12.8. The summed E-state index contributed by atoms with van der Waals surface area (Å²) in [6.45, 7) is 5.65. The molecular formula is C24H38N4O2. The number of likely N-dealkylation sites (tertiary alicyclic amines) is 2. The van der Waals surface area contributed by atoms with E-state index in [2.05, 4.69) is 32.2 Å². The molecule has 166 valence electrons. The Labute approximate surface area is 181 Å². The molecule has 1 aromatic heterocycles. The Balaban J connectivity index is 1.21. The number of hydrogen-bond acceptors (Lipinski definition) is 5. The summed E-state index contributed by atoms with van der Waals surface area (Å²) in [6.07, 6.45) is 13.2. The first-order valence-electron chi connectivity index (χ1n) is 12.0. The zero-order valence-corrected chi connectivity index (χ0v) is 18.3. The number of piperidine rings is 2. The average molecular weight is 415 g/mol. The topological polar surface area (TPSA) is 68.7 Å². The van der Waals surface area contributed by atoms with Crippen molar-refractivity contribution < 1.29 is 9.90 Å². The predicted molar refractivity (Wildman–Crippen MR) is 118 cm³/mol. The third-order valence-corrected chi connectivity index (χ3v) is 7.43. The first-order valence-corrected chi connectivity index (χ1v) is 12.0. The lowest BCUT2D eigenvalue weighted by atomic mass is 9.84. The molecule has 2 saturated heterocycles. The van der Waals surface area contributed by atoms with Gasteiger partial charge in [-0.3, -0.25) is 19.6 Å². The zero-order chi connectivity index (χ0) is 20.8. The van der Waals surface area contributed by atoms with Gasteiger partial charge in [0.1, 0.15) is 0 Å². The van der Waals surface area contributed by atoms with Crippen LogP contribution in [0.2, 0.25) is 0 Å². The van der Waals surface area contributed by atoms with Gasteiger partial charge in [-0.25, -0.2) is 0 Å². The Kier molecular flexibility index (Phi) is 7.39. The monoisotopic (exact) mass is 414 g/mol. The van der Waals surface area contributed by atoms with Crippen molar-refractivity contribution in [1.82, 2.24) is 20.1 Å². The average Bonchev–Trinajstić information content (AvgIpc) is 2.79. The molecule has 3 aliphatic rings. The van der Waals surface area contributed by atoms with Crippen LogP contribution in [0.1, 0.15) is 63.4 Å². The normalized spacial score (nSPS) is 26.4. The van der Waals surface area contributed by atoms with Crippen molar-refractivity contribution in [1.29, 1.82) is 0 Å². The second kappa shape index (κ2) is 10.2. The molecule has 0 unspecified atom stereocenters. The Morgan fingerprint density at radius 2 is 1.80 bits per heavy atom. The lowest BCUT2D eigenvalue weighted by Gasteiger charge is -2.42. The number of aromatic nitrogens is 1. The quantitative estimate of drug-likeness (QED) is 0.749. The number of pyridine rings is 1. The lowest BCUT2D eigenvalue weighted by Crippen LogP contribution is -2.52. The van der Waals surface area contributed by atoms with E-state index in [0.29, 0.717) is 12.6 Å². The summed E-state index contributed by atoms with van der Waals surface area (Å²) in [5.74, 6) is 0.217. The van der Waals surface area contributed by atoms with E-state index >= 15 is 0 Å². The van der Waals surface area contributed by atoms with Crippen molar-refractivity contribution in [2.75, 3.05) is 32.7 Å². The largest absolute Gasteiger partial charge is 0.388 e. The molecule has 1 aromatic rings. The van der Waals surface area contributed by atoms with E-state index in [9.17, 15) is 9.90 Å². The number of rotatable bonds is 6. The number of carbonyl (C=O) groups is 1. The van der Waals surface area contributed by atoms with Crippen LogP contribution in [0.4, 0.5) is 0 Å². The minimum atomic E-state index is -0.677. The van der Waals surface area contributed by atoms with E-state index in [-0.39, 0.29) is 11.8 Å². The Bertz CT molecular complexity index is 669. The molecule has 6 heteroatoms. The SMILES string of the molecule is O=C(NCC1(O)CCCCC1)[C@@H]1CCCN(C2CCN(Cc3ccncc3)CC2)C1. The number of nitrogens with one attached hydrogen (secondary N) is 1. The van der Waals surface area contributed by atoms with Gasteiger partial charge in [-0.1, -0.05) is 19.3 Å². The molecule has 1 saturated carbocycles. The van der Waals surface area contributed by atoms with Crippen molar-refractivity contribution in [3.8, 4) is 0 Å². The van der Waals surface area contributed by atoms with E-state index < -0.39 is 5.60 Å². The molecule has 1 aliphatic carbocycles. The van der Waals surface area contributed by atoms with Gasteiger partial charge >= 0.3 is 0 Å². The highest BCUT2D eigenvalue weighted by atomic mass is 16.3. The second-order valence-corrected chi connectivity index (χ2v) is 9.70. The summed E-state index contributed by atoms with van der Waals surface area (Å²) in [7, 11) is 0. The van der Waals surface area contributed by atoms with Crippen LogP contribution in [-0.2, 0) is 11.3 Å². The van der Waals surface area contributed by atoms with E-state index in [0.717, 1.165) is 71.2 Å². The molecule has 1 amide bonds. The Morgan fingerprint density at radius 3 is 2.53 bits per heavy atom. The Hall–Kier alpha value is -1.50. The number of amides is 1. The summed E-state index contributed by atoms with van der Waals surface area (Å²) in [6, 6.07) is 4.80. The van der Waals surface area contributed by atoms with Crippen LogP contribution in [0, 0.1) is 5.92 Å². The highest BCUT2D eigenvalue weighted by Gasteiger charge is 2.34. The van der Waals surface area contributed by atoms with Crippen molar-refractivity contribution in [2.24, 2.45) is 5.92 Å². The van der Waals surface area contributed by atoms with Crippen LogP contribution < -0.4 is 5.32 Å². The van der Waals surface area contributed by atoms with Crippen molar-refractivity contribution in [3.05, 3.63) is 30.1 Å². The van der Waals surface area contributed by atoms with E-state index in [1.807, 2.05) is 12.4 Å². The molecule has 6 nitrogen and oxygen atoms in total. The highest BCUT2D eigenvalue weighted by molar-refractivity contribution is 5.79. The van der Waals surface area contributed by atoms with Gasteiger partial charge in [0.25, 0.3) is 0 Å². The molecule has 3 heterocycles. The van der Waals surface area contributed by atoms with Crippen LogP contribution in [-0.4, -0.2) is 70.2 Å². The molecule has 30 heavy (non-hydrogen) atoms. The number of hydrogen-bond donors (Lipinski definition) is 2. The zero-order valence-electron chi connectivity index (χ0n) is 18.3. The standard InChI is InChI=1S/C24H38N4O2/c29-23(26-19-24(30)10-2-1-3-11-24)21-5-4-14-28(18-21)22-8-15-27(16-9-22)17-20-6-12-25-13-7-20/h6-7,12-13,21-22,30H,1-5,8-11,14-19H2,(H,26,29)/t21-/m1/s1. The van der Waals surface area contributed by atoms with Gasteiger partial charge in [0, 0.05) is 38.1 Å². The third kappa shape index (κ3) is 5.80. The fourth-order valence-corrected chi connectivity index (χ4v) is 5.52. The van der Waals surface area contributed by atoms with Gasteiger partial charge in [0.15, 0.2) is 0 Å². The van der Waals surface area contributed by atoms with Crippen LogP contribution in [0.3, 0.4) is 0 Å². The maximum atomic E-state index is 12.8. The van der Waals surface area contributed by atoms with E-state index in [4.69, 9.17) is 0 Å².